The fourth-order valence-electron chi connectivity index (χ4n) is 3.83. The molecule has 2 heterocycles. The van der Waals surface area contributed by atoms with Gasteiger partial charge >= 0.3 is 0 Å². The molecule has 0 aliphatic rings. The van der Waals surface area contributed by atoms with Crippen molar-refractivity contribution in [1.82, 2.24) is 14.6 Å². The van der Waals surface area contributed by atoms with Crippen LogP contribution in [0, 0.1) is 13.8 Å². The van der Waals surface area contributed by atoms with Gasteiger partial charge in [0.2, 0.25) is 0 Å². The zero-order valence-electron chi connectivity index (χ0n) is 16.5. The van der Waals surface area contributed by atoms with Crippen LogP contribution in [-0.2, 0) is 5.75 Å². The van der Waals surface area contributed by atoms with Crippen LogP contribution in [0.4, 0.5) is 0 Å². The highest BCUT2D eigenvalue weighted by Crippen LogP contribution is 2.32. The van der Waals surface area contributed by atoms with Crippen LogP contribution >= 0.6 is 11.8 Å². The third-order valence-corrected chi connectivity index (χ3v) is 6.22. The lowest BCUT2D eigenvalue weighted by Crippen LogP contribution is -1.98. The van der Waals surface area contributed by atoms with E-state index in [1.165, 1.54) is 16.3 Å². The van der Waals surface area contributed by atoms with E-state index in [-0.39, 0.29) is 0 Å². The summed E-state index contributed by atoms with van der Waals surface area (Å²) in [6.45, 7) is 4.12. The van der Waals surface area contributed by atoms with Crippen LogP contribution in [0.1, 0.15) is 17.0 Å². The Labute approximate surface area is 174 Å². The molecule has 0 fully saturated rings. The number of thioether (sulfide) groups is 1. The molecule has 0 spiro atoms. The molecule has 0 aliphatic heterocycles. The van der Waals surface area contributed by atoms with Crippen LogP contribution in [0.5, 0.6) is 0 Å². The van der Waals surface area contributed by atoms with Crippen LogP contribution in [0.15, 0.2) is 83.9 Å². The number of aromatic nitrogens is 3. The van der Waals surface area contributed by atoms with Gasteiger partial charge in [-0.1, -0.05) is 72.8 Å². The van der Waals surface area contributed by atoms with Gasteiger partial charge in [0, 0.05) is 17.0 Å². The first kappa shape index (κ1) is 18.0. The topological polar surface area (TPSA) is 30.2 Å². The Morgan fingerprint density at radius 1 is 0.862 bits per heavy atom. The summed E-state index contributed by atoms with van der Waals surface area (Å²) >= 11 is 1.81. The van der Waals surface area contributed by atoms with Gasteiger partial charge < -0.3 is 0 Å². The average molecular weight is 396 g/mol. The lowest BCUT2D eigenvalue weighted by Gasteiger charge is -2.09. The first-order chi connectivity index (χ1) is 14.2. The van der Waals surface area contributed by atoms with Crippen molar-refractivity contribution >= 4 is 28.2 Å². The summed E-state index contributed by atoms with van der Waals surface area (Å²) in [7, 11) is 0. The lowest BCUT2D eigenvalue weighted by atomic mass is 10.1. The van der Waals surface area contributed by atoms with Gasteiger partial charge in [-0.2, -0.15) is 5.10 Å². The lowest BCUT2D eigenvalue weighted by molar-refractivity contribution is 0.821. The summed E-state index contributed by atoms with van der Waals surface area (Å²) in [5.41, 5.74) is 6.54. The van der Waals surface area contributed by atoms with Crippen LogP contribution < -0.4 is 0 Å². The minimum Gasteiger partial charge on any atom is -0.233 e. The molecular weight excluding hydrogens is 374 g/mol. The molecule has 4 heteroatoms. The zero-order valence-corrected chi connectivity index (χ0v) is 17.3. The SMILES string of the molecule is Cc1cc(SCc2cccc3ccccc23)n2nc(C)c(-c3ccccc3)c2n1. The van der Waals surface area contributed by atoms with E-state index in [1.807, 2.05) is 22.3 Å². The number of nitrogens with zero attached hydrogens (tertiary/aromatic N) is 3. The molecule has 142 valence electrons. The molecule has 0 amide bonds. The second-order valence-electron chi connectivity index (χ2n) is 7.22. The van der Waals surface area contributed by atoms with E-state index < -0.39 is 0 Å². The van der Waals surface area contributed by atoms with Gasteiger partial charge in [0.25, 0.3) is 0 Å². The highest BCUT2D eigenvalue weighted by atomic mass is 32.2. The van der Waals surface area contributed by atoms with Gasteiger partial charge in [0.1, 0.15) is 5.03 Å². The predicted octanol–water partition coefficient (Wildman–Crippen LogP) is 6.46. The Morgan fingerprint density at radius 2 is 1.62 bits per heavy atom. The molecule has 3 nitrogen and oxygen atoms in total. The summed E-state index contributed by atoms with van der Waals surface area (Å²) in [4.78, 5) is 4.83. The Morgan fingerprint density at radius 3 is 2.48 bits per heavy atom. The fourth-order valence-corrected chi connectivity index (χ4v) is 4.89. The average Bonchev–Trinajstić information content (AvgIpc) is 3.08. The standard InChI is InChI=1S/C25H21N3S/c1-17-15-23(29-16-21-13-8-12-19-9-6-7-14-22(19)21)28-25(26-17)24(18(2)27-28)20-10-4-3-5-11-20/h3-15H,16H2,1-2H3. The number of aryl methyl sites for hydroxylation is 2. The Balaban J connectivity index is 1.57. The Bertz CT molecular complexity index is 1320. The molecular formula is C25H21N3S. The van der Waals surface area contributed by atoms with Crippen molar-refractivity contribution in [3.8, 4) is 11.1 Å². The first-order valence-corrected chi connectivity index (χ1v) is 10.7. The summed E-state index contributed by atoms with van der Waals surface area (Å²) in [5, 5.41) is 8.55. The number of benzene rings is 3. The van der Waals surface area contributed by atoms with Gasteiger partial charge in [0.05, 0.1) is 5.69 Å². The third-order valence-electron chi connectivity index (χ3n) is 5.18. The first-order valence-electron chi connectivity index (χ1n) is 9.72. The highest BCUT2D eigenvalue weighted by molar-refractivity contribution is 7.98. The molecule has 0 saturated heterocycles. The summed E-state index contributed by atoms with van der Waals surface area (Å²) in [6, 6.07) is 27.6. The summed E-state index contributed by atoms with van der Waals surface area (Å²) in [5.74, 6) is 0.888. The molecule has 5 aromatic rings. The van der Waals surface area contributed by atoms with Crippen molar-refractivity contribution in [3.63, 3.8) is 0 Å². The molecule has 0 atom stereocenters. The van der Waals surface area contributed by atoms with E-state index >= 15 is 0 Å². The van der Waals surface area contributed by atoms with Gasteiger partial charge in [-0.3, -0.25) is 0 Å². The van der Waals surface area contributed by atoms with Gasteiger partial charge in [0.15, 0.2) is 5.65 Å². The van der Waals surface area contributed by atoms with E-state index in [1.54, 1.807) is 0 Å². The van der Waals surface area contributed by atoms with Gasteiger partial charge in [-0.05, 0) is 41.8 Å². The van der Waals surface area contributed by atoms with Crippen molar-refractivity contribution in [1.29, 1.82) is 0 Å². The molecule has 29 heavy (non-hydrogen) atoms. The number of rotatable bonds is 4. The Hall–Kier alpha value is -3.11. The van der Waals surface area contributed by atoms with Crippen molar-refractivity contribution in [2.75, 3.05) is 0 Å². The van der Waals surface area contributed by atoms with Gasteiger partial charge in [-0.25, -0.2) is 9.50 Å². The van der Waals surface area contributed by atoms with Crippen molar-refractivity contribution in [2.45, 2.75) is 24.6 Å². The molecule has 0 saturated carbocycles. The molecule has 0 bridgehead atoms. The molecule has 0 radical (unpaired) electrons. The van der Waals surface area contributed by atoms with E-state index in [0.29, 0.717) is 0 Å². The molecule has 3 aromatic carbocycles. The summed E-state index contributed by atoms with van der Waals surface area (Å²) < 4.78 is 2.00. The van der Waals surface area contributed by atoms with E-state index in [0.717, 1.165) is 38.9 Å². The summed E-state index contributed by atoms with van der Waals surface area (Å²) in [6.07, 6.45) is 0. The second-order valence-corrected chi connectivity index (χ2v) is 8.22. The zero-order chi connectivity index (χ0) is 19.8. The normalized spacial score (nSPS) is 11.4. The van der Waals surface area contributed by atoms with Crippen molar-refractivity contribution in [2.24, 2.45) is 0 Å². The number of hydrogen-bond donors (Lipinski definition) is 0. The van der Waals surface area contributed by atoms with Crippen LogP contribution in [0.3, 0.4) is 0 Å². The number of fused-ring (bicyclic) bond motifs is 2. The maximum Gasteiger partial charge on any atom is 0.164 e. The van der Waals surface area contributed by atoms with Crippen LogP contribution in [-0.4, -0.2) is 14.6 Å². The quantitative estimate of drug-likeness (QED) is 0.258. The minimum atomic E-state index is 0.888. The largest absolute Gasteiger partial charge is 0.233 e. The van der Waals surface area contributed by atoms with E-state index in [4.69, 9.17) is 10.1 Å². The maximum atomic E-state index is 4.84. The molecule has 0 unspecified atom stereocenters. The monoisotopic (exact) mass is 395 g/mol. The van der Waals surface area contributed by atoms with Gasteiger partial charge in [-0.15, -0.1) is 11.8 Å². The van der Waals surface area contributed by atoms with Crippen molar-refractivity contribution < 1.29 is 0 Å². The third kappa shape index (κ3) is 3.30. The highest BCUT2D eigenvalue weighted by Gasteiger charge is 2.16. The molecule has 5 rings (SSSR count). The van der Waals surface area contributed by atoms with E-state index in [9.17, 15) is 0 Å². The maximum absolute atomic E-state index is 4.84. The molecule has 2 aromatic heterocycles. The predicted molar refractivity (Wildman–Crippen MR) is 121 cm³/mol. The molecule has 0 aliphatic carbocycles. The van der Waals surface area contributed by atoms with Crippen LogP contribution in [0.2, 0.25) is 0 Å². The second kappa shape index (κ2) is 7.37. The Kier molecular flexibility index (Phi) is 4.57. The smallest absolute Gasteiger partial charge is 0.164 e. The van der Waals surface area contributed by atoms with Crippen LogP contribution in [0.25, 0.3) is 27.5 Å². The molecule has 0 N–H and O–H groups in total. The van der Waals surface area contributed by atoms with E-state index in [2.05, 4.69) is 86.6 Å². The fraction of sp³-hybridized carbons (Fsp3) is 0.120. The minimum absolute atomic E-state index is 0.888. The number of hydrogen-bond acceptors (Lipinski definition) is 3. The van der Waals surface area contributed by atoms with Crippen molar-refractivity contribution in [3.05, 3.63) is 95.8 Å².